The number of phenolic OH excluding ortho intramolecular Hbond substituents is 1. The first-order chi connectivity index (χ1) is 9.88. The van der Waals surface area contributed by atoms with E-state index >= 15 is 0 Å². The van der Waals surface area contributed by atoms with Gasteiger partial charge in [0.25, 0.3) is 0 Å². The Bertz CT molecular complexity index is 723. The highest BCUT2D eigenvalue weighted by molar-refractivity contribution is 5.88. The van der Waals surface area contributed by atoms with E-state index in [9.17, 15) is 13.6 Å². The van der Waals surface area contributed by atoms with Crippen LogP contribution in [0.4, 0.5) is 8.78 Å². The lowest BCUT2D eigenvalue weighted by Gasteiger charge is -2.08. The zero-order valence-corrected chi connectivity index (χ0v) is 11.2. The van der Waals surface area contributed by atoms with Crippen LogP contribution in [0.3, 0.4) is 0 Å². The number of rotatable bonds is 3. The molecular formula is C16H12F2O3. The van der Waals surface area contributed by atoms with Crippen molar-refractivity contribution in [1.82, 2.24) is 0 Å². The van der Waals surface area contributed by atoms with Gasteiger partial charge in [0.1, 0.15) is 23.1 Å². The molecule has 0 saturated carbocycles. The van der Waals surface area contributed by atoms with E-state index in [-0.39, 0.29) is 28.2 Å². The van der Waals surface area contributed by atoms with Crippen LogP contribution >= 0.6 is 0 Å². The van der Waals surface area contributed by atoms with Crippen molar-refractivity contribution in [3.8, 4) is 22.6 Å². The first-order valence-corrected chi connectivity index (χ1v) is 6.04. The van der Waals surface area contributed by atoms with Crippen LogP contribution < -0.4 is 4.74 Å². The molecule has 1 N–H and O–H groups in total. The van der Waals surface area contributed by atoms with E-state index in [4.69, 9.17) is 9.84 Å². The summed E-state index contributed by atoms with van der Waals surface area (Å²) in [7, 11) is 0. The zero-order chi connectivity index (χ0) is 15.6. The fourth-order valence-corrected chi connectivity index (χ4v) is 1.69. The summed E-state index contributed by atoms with van der Waals surface area (Å²) in [6.07, 6.45) is 0. The van der Waals surface area contributed by atoms with Crippen molar-refractivity contribution in [2.75, 3.05) is 0 Å². The predicted octanol–water partition coefficient (Wildman–Crippen LogP) is 3.82. The molecule has 0 saturated heterocycles. The summed E-state index contributed by atoms with van der Waals surface area (Å²) in [6.45, 7) is 4.89. The van der Waals surface area contributed by atoms with Crippen LogP contribution in [0.15, 0.2) is 48.6 Å². The average molecular weight is 290 g/mol. The fourth-order valence-electron chi connectivity index (χ4n) is 1.69. The van der Waals surface area contributed by atoms with Crippen molar-refractivity contribution in [1.29, 1.82) is 0 Å². The number of carbonyl (C=O) groups is 1. The van der Waals surface area contributed by atoms with Gasteiger partial charge in [0.15, 0.2) is 0 Å². The molecule has 0 fully saturated rings. The fraction of sp³-hybridized carbons (Fsp3) is 0.0625. The molecule has 2 rings (SSSR count). The van der Waals surface area contributed by atoms with Gasteiger partial charge >= 0.3 is 5.97 Å². The summed E-state index contributed by atoms with van der Waals surface area (Å²) >= 11 is 0. The molecule has 0 heterocycles. The summed E-state index contributed by atoms with van der Waals surface area (Å²) in [5.41, 5.74) is 0.190. The Hall–Kier alpha value is -2.69. The SMILES string of the molecule is C=C(C)C(=O)Oc1ccc(-c2ccc(O)cc2F)c(F)c1. The molecule has 0 radical (unpaired) electrons. The molecule has 0 spiro atoms. The Morgan fingerprint density at radius 2 is 1.67 bits per heavy atom. The van der Waals surface area contributed by atoms with Gasteiger partial charge in [-0.25, -0.2) is 13.6 Å². The highest BCUT2D eigenvalue weighted by Gasteiger charge is 2.13. The summed E-state index contributed by atoms with van der Waals surface area (Å²) in [5.74, 6) is -2.41. The second-order valence-corrected chi connectivity index (χ2v) is 4.48. The quantitative estimate of drug-likeness (QED) is 0.531. The molecule has 0 aliphatic heterocycles. The molecule has 3 nitrogen and oxygen atoms in total. The highest BCUT2D eigenvalue weighted by atomic mass is 19.1. The van der Waals surface area contributed by atoms with Crippen molar-refractivity contribution in [3.63, 3.8) is 0 Å². The van der Waals surface area contributed by atoms with E-state index in [0.717, 1.165) is 12.1 Å². The molecule has 0 atom stereocenters. The predicted molar refractivity (Wildman–Crippen MR) is 73.9 cm³/mol. The van der Waals surface area contributed by atoms with E-state index in [0.29, 0.717) is 0 Å². The van der Waals surface area contributed by atoms with Crippen LogP contribution in [0.2, 0.25) is 0 Å². The number of hydrogen-bond acceptors (Lipinski definition) is 3. The molecule has 21 heavy (non-hydrogen) atoms. The topological polar surface area (TPSA) is 46.5 Å². The largest absolute Gasteiger partial charge is 0.508 e. The van der Waals surface area contributed by atoms with Crippen LogP contribution in [0, 0.1) is 11.6 Å². The summed E-state index contributed by atoms with van der Waals surface area (Å²) in [5, 5.41) is 9.15. The van der Waals surface area contributed by atoms with E-state index in [1.54, 1.807) is 0 Å². The molecule has 5 heteroatoms. The highest BCUT2D eigenvalue weighted by Crippen LogP contribution is 2.30. The van der Waals surface area contributed by atoms with E-state index < -0.39 is 17.6 Å². The Kier molecular flexibility index (Phi) is 4.03. The third kappa shape index (κ3) is 3.25. The van der Waals surface area contributed by atoms with Crippen molar-refractivity contribution in [2.24, 2.45) is 0 Å². The number of esters is 1. The minimum Gasteiger partial charge on any atom is -0.508 e. The number of hydrogen-bond donors (Lipinski definition) is 1. The van der Waals surface area contributed by atoms with Crippen LogP contribution in [-0.4, -0.2) is 11.1 Å². The maximum Gasteiger partial charge on any atom is 0.338 e. The summed E-state index contributed by atoms with van der Waals surface area (Å²) < 4.78 is 32.6. The number of ether oxygens (including phenoxy) is 1. The Balaban J connectivity index is 2.35. The molecule has 2 aromatic rings. The van der Waals surface area contributed by atoms with E-state index in [2.05, 4.69) is 6.58 Å². The molecule has 0 aliphatic rings. The number of halogens is 2. The Morgan fingerprint density at radius 1 is 1.10 bits per heavy atom. The molecular weight excluding hydrogens is 278 g/mol. The van der Waals surface area contributed by atoms with Gasteiger partial charge in [-0.1, -0.05) is 6.58 Å². The normalized spacial score (nSPS) is 10.2. The zero-order valence-electron chi connectivity index (χ0n) is 11.2. The Labute approximate surface area is 120 Å². The van der Waals surface area contributed by atoms with Crippen molar-refractivity contribution in [2.45, 2.75) is 6.92 Å². The summed E-state index contributed by atoms with van der Waals surface area (Å²) in [4.78, 5) is 11.3. The van der Waals surface area contributed by atoms with Gasteiger partial charge in [-0.05, 0) is 31.2 Å². The van der Waals surface area contributed by atoms with Crippen molar-refractivity contribution in [3.05, 3.63) is 60.2 Å². The van der Waals surface area contributed by atoms with Gasteiger partial charge in [-0.3, -0.25) is 0 Å². The average Bonchev–Trinajstić information content (AvgIpc) is 2.40. The maximum atomic E-state index is 14.0. The van der Waals surface area contributed by atoms with Gasteiger partial charge in [-0.15, -0.1) is 0 Å². The first-order valence-electron chi connectivity index (χ1n) is 6.04. The molecule has 0 unspecified atom stereocenters. The molecule has 108 valence electrons. The second-order valence-electron chi connectivity index (χ2n) is 4.48. The molecule has 0 aromatic heterocycles. The van der Waals surface area contributed by atoms with E-state index in [1.165, 1.54) is 31.2 Å². The lowest BCUT2D eigenvalue weighted by atomic mass is 10.0. The molecule has 0 amide bonds. The van der Waals surface area contributed by atoms with Crippen LogP contribution in [0.1, 0.15) is 6.92 Å². The Morgan fingerprint density at radius 3 is 2.19 bits per heavy atom. The summed E-state index contributed by atoms with van der Waals surface area (Å²) in [6, 6.07) is 7.05. The number of carbonyl (C=O) groups excluding carboxylic acids is 1. The monoisotopic (exact) mass is 290 g/mol. The van der Waals surface area contributed by atoms with E-state index in [1.807, 2.05) is 0 Å². The third-order valence-corrected chi connectivity index (χ3v) is 2.74. The second kappa shape index (κ2) is 5.75. The van der Waals surface area contributed by atoms with Gasteiger partial charge in [-0.2, -0.15) is 0 Å². The smallest absolute Gasteiger partial charge is 0.338 e. The molecule has 0 bridgehead atoms. The lowest BCUT2D eigenvalue weighted by molar-refractivity contribution is -0.130. The molecule has 0 aliphatic carbocycles. The van der Waals surface area contributed by atoms with Gasteiger partial charge < -0.3 is 9.84 Å². The first kappa shape index (κ1) is 14.7. The third-order valence-electron chi connectivity index (χ3n) is 2.74. The maximum absolute atomic E-state index is 14.0. The van der Waals surface area contributed by atoms with Crippen LogP contribution in [0.25, 0.3) is 11.1 Å². The van der Waals surface area contributed by atoms with Gasteiger partial charge in [0.2, 0.25) is 0 Å². The van der Waals surface area contributed by atoms with Crippen LogP contribution in [0.5, 0.6) is 11.5 Å². The number of phenols is 1. The lowest BCUT2D eigenvalue weighted by Crippen LogP contribution is -2.08. The standard InChI is InChI=1S/C16H12F2O3/c1-9(2)16(20)21-11-4-6-13(15(18)8-11)12-5-3-10(19)7-14(12)17/h3-8,19H,1H2,2H3. The molecule has 2 aromatic carbocycles. The number of aromatic hydroxyl groups is 1. The van der Waals surface area contributed by atoms with Gasteiger partial charge in [0, 0.05) is 28.8 Å². The van der Waals surface area contributed by atoms with Crippen LogP contribution in [-0.2, 0) is 4.79 Å². The number of benzene rings is 2. The van der Waals surface area contributed by atoms with Crippen molar-refractivity contribution >= 4 is 5.97 Å². The minimum absolute atomic E-state index is 0.00243. The van der Waals surface area contributed by atoms with Crippen molar-refractivity contribution < 1.29 is 23.4 Å². The van der Waals surface area contributed by atoms with Gasteiger partial charge in [0.05, 0.1) is 0 Å². The minimum atomic E-state index is -0.749.